The number of alkyl halides is 1. The molecule has 0 aliphatic rings. The number of hydrogen-bond acceptors (Lipinski definition) is 0. The average Bonchev–Trinajstić information content (AvgIpc) is 2.69. The molecule has 0 N–H and O–H groups in total. The lowest BCUT2D eigenvalue weighted by Crippen LogP contribution is -2.18. The van der Waals surface area contributed by atoms with Crippen LogP contribution < -0.4 is 0 Å². The Morgan fingerprint density at radius 2 is 0.857 bits per heavy atom. The van der Waals surface area contributed by atoms with Crippen molar-refractivity contribution in [3.05, 3.63) is 0 Å². The van der Waals surface area contributed by atoms with Crippen LogP contribution in [0.1, 0.15) is 156 Å². The average molecular weight is 456 g/mol. The summed E-state index contributed by atoms with van der Waals surface area (Å²) in [4.78, 5) is 0. The van der Waals surface area contributed by atoms with E-state index in [4.69, 9.17) is 0 Å². The van der Waals surface area contributed by atoms with Gasteiger partial charge in [0.05, 0.1) is 4.32 Å². The molecule has 0 rings (SSSR count). The van der Waals surface area contributed by atoms with Crippen molar-refractivity contribution in [2.24, 2.45) is 0 Å². The van der Waals surface area contributed by atoms with E-state index in [0.29, 0.717) is 0 Å². The third-order valence-corrected chi connectivity index (χ3v) is 6.81. The second-order valence-electron chi connectivity index (χ2n) is 8.82. The normalized spacial score (nSPS) is 11.4. The zero-order valence-corrected chi connectivity index (χ0v) is 21.3. The molecule has 0 aliphatic heterocycles. The Labute approximate surface area is 187 Å². The zero-order valence-electron chi connectivity index (χ0n) is 19.7. The molecular weight excluding hydrogens is 404 g/mol. The van der Waals surface area contributed by atoms with Crippen LogP contribution in [0.3, 0.4) is 0 Å². The second-order valence-corrected chi connectivity index (χ2v) is 10.3. The summed E-state index contributed by atoms with van der Waals surface area (Å²) >= 11 is 4.08. The minimum Gasteiger partial charge on any atom is -0.102 e. The fourth-order valence-electron chi connectivity index (χ4n) is 3.84. The molecule has 0 saturated heterocycles. The highest BCUT2D eigenvalue weighted by Crippen LogP contribution is 2.31. The molecule has 0 saturated carbocycles. The van der Waals surface area contributed by atoms with Crippen LogP contribution in [0, 0.1) is 11.8 Å². The molecule has 0 nitrogen and oxygen atoms in total. The maximum Gasteiger partial charge on any atom is 0.0862 e. The molecule has 0 unspecified atom stereocenters. The van der Waals surface area contributed by atoms with Crippen LogP contribution in [0.4, 0.5) is 0 Å². The van der Waals surface area contributed by atoms with Crippen molar-refractivity contribution < 1.29 is 0 Å². The Balaban J connectivity index is 4.20. The highest BCUT2D eigenvalue weighted by molar-refractivity contribution is 9.10. The summed E-state index contributed by atoms with van der Waals surface area (Å²) in [6.07, 6.45) is 28.2. The second kappa shape index (κ2) is 21.7. The summed E-state index contributed by atoms with van der Waals surface area (Å²) in [5, 5.41) is 0. The van der Waals surface area contributed by atoms with Gasteiger partial charge in [0.25, 0.3) is 0 Å². The molecule has 0 heterocycles. The van der Waals surface area contributed by atoms with Gasteiger partial charge in [-0.25, -0.2) is 0 Å². The minimum absolute atomic E-state index is 0.0880. The first-order chi connectivity index (χ1) is 13.7. The van der Waals surface area contributed by atoms with Gasteiger partial charge in [0.1, 0.15) is 0 Å². The fourth-order valence-corrected chi connectivity index (χ4v) is 4.54. The Hall–Kier alpha value is 0.0400. The van der Waals surface area contributed by atoms with E-state index in [1.165, 1.54) is 128 Å². The maximum absolute atomic E-state index is 4.08. The molecule has 0 fully saturated rings. The summed E-state index contributed by atoms with van der Waals surface area (Å²) < 4.78 is 0.0880. The SMILES string of the molecule is CCCCCCCCC#CC(Br)(CCCCCCCC)CCCCCCCC. The Bertz CT molecular complexity index is 346. The number of unbranched alkanes of at least 4 members (excludes halogenated alkanes) is 16. The van der Waals surface area contributed by atoms with Gasteiger partial charge in [0.15, 0.2) is 0 Å². The van der Waals surface area contributed by atoms with Crippen molar-refractivity contribution >= 4 is 15.9 Å². The lowest BCUT2D eigenvalue weighted by Gasteiger charge is -2.22. The van der Waals surface area contributed by atoms with E-state index >= 15 is 0 Å². The molecule has 0 spiro atoms. The largest absolute Gasteiger partial charge is 0.102 e. The van der Waals surface area contributed by atoms with Crippen molar-refractivity contribution in [2.75, 3.05) is 0 Å². The van der Waals surface area contributed by atoms with Gasteiger partial charge >= 0.3 is 0 Å². The summed E-state index contributed by atoms with van der Waals surface area (Å²) in [5.74, 6) is 7.21. The molecule has 0 bridgehead atoms. The van der Waals surface area contributed by atoms with Crippen molar-refractivity contribution in [1.29, 1.82) is 0 Å². The van der Waals surface area contributed by atoms with E-state index in [1.807, 2.05) is 0 Å². The summed E-state index contributed by atoms with van der Waals surface area (Å²) in [6.45, 7) is 6.88. The van der Waals surface area contributed by atoms with Crippen molar-refractivity contribution in [2.45, 2.75) is 160 Å². The smallest absolute Gasteiger partial charge is 0.0862 e. The highest BCUT2D eigenvalue weighted by Gasteiger charge is 2.22. The Morgan fingerprint density at radius 3 is 1.29 bits per heavy atom. The van der Waals surface area contributed by atoms with Gasteiger partial charge < -0.3 is 0 Å². The molecule has 0 radical (unpaired) electrons. The van der Waals surface area contributed by atoms with Gasteiger partial charge in [-0.1, -0.05) is 152 Å². The molecule has 0 aromatic rings. The van der Waals surface area contributed by atoms with Crippen LogP contribution in [-0.4, -0.2) is 4.32 Å². The lowest BCUT2D eigenvalue weighted by molar-refractivity contribution is 0.508. The molecule has 1 heteroatoms. The van der Waals surface area contributed by atoms with Gasteiger partial charge in [-0.3, -0.25) is 0 Å². The summed E-state index contributed by atoms with van der Waals surface area (Å²) in [6, 6.07) is 0. The molecule has 0 aromatic heterocycles. The minimum atomic E-state index is 0.0880. The first-order valence-electron chi connectivity index (χ1n) is 12.9. The molecule has 0 aromatic carbocycles. The molecule has 0 amide bonds. The first kappa shape index (κ1) is 28.0. The summed E-state index contributed by atoms with van der Waals surface area (Å²) in [7, 11) is 0. The quantitative estimate of drug-likeness (QED) is 0.0973. The zero-order chi connectivity index (χ0) is 20.8. The molecule has 0 aliphatic carbocycles. The van der Waals surface area contributed by atoms with Crippen LogP contribution in [0.5, 0.6) is 0 Å². The van der Waals surface area contributed by atoms with E-state index in [9.17, 15) is 0 Å². The molecule has 166 valence electrons. The molecule has 0 atom stereocenters. The van der Waals surface area contributed by atoms with E-state index < -0.39 is 0 Å². The highest BCUT2D eigenvalue weighted by atomic mass is 79.9. The van der Waals surface area contributed by atoms with Crippen molar-refractivity contribution in [1.82, 2.24) is 0 Å². The van der Waals surface area contributed by atoms with Crippen LogP contribution in [0.15, 0.2) is 0 Å². The third-order valence-electron chi connectivity index (χ3n) is 5.82. The van der Waals surface area contributed by atoms with E-state index in [1.54, 1.807) is 0 Å². The van der Waals surface area contributed by atoms with Crippen LogP contribution in [-0.2, 0) is 0 Å². The lowest BCUT2D eigenvalue weighted by atomic mass is 9.94. The predicted molar refractivity (Wildman–Crippen MR) is 133 cm³/mol. The van der Waals surface area contributed by atoms with Gasteiger partial charge in [-0.2, -0.15) is 0 Å². The molecule has 28 heavy (non-hydrogen) atoms. The number of hydrogen-bond donors (Lipinski definition) is 0. The predicted octanol–water partition coefficient (Wildman–Crippen LogP) is 10.4. The van der Waals surface area contributed by atoms with Crippen LogP contribution in [0.2, 0.25) is 0 Å². The van der Waals surface area contributed by atoms with E-state index in [2.05, 4.69) is 48.5 Å². The molecular formula is C27H51Br. The fraction of sp³-hybridized carbons (Fsp3) is 0.926. The van der Waals surface area contributed by atoms with E-state index in [0.717, 1.165) is 6.42 Å². The van der Waals surface area contributed by atoms with E-state index in [-0.39, 0.29) is 4.32 Å². The van der Waals surface area contributed by atoms with Gasteiger partial charge in [-0.15, -0.1) is 5.92 Å². The van der Waals surface area contributed by atoms with Gasteiger partial charge in [0.2, 0.25) is 0 Å². The van der Waals surface area contributed by atoms with Crippen molar-refractivity contribution in [3.8, 4) is 11.8 Å². The van der Waals surface area contributed by atoms with Gasteiger partial charge in [0, 0.05) is 6.42 Å². The number of halogens is 1. The first-order valence-corrected chi connectivity index (χ1v) is 13.7. The van der Waals surface area contributed by atoms with Crippen LogP contribution >= 0.6 is 15.9 Å². The monoisotopic (exact) mass is 454 g/mol. The number of rotatable bonds is 20. The Kier molecular flexibility index (Phi) is 21.8. The van der Waals surface area contributed by atoms with Crippen molar-refractivity contribution in [3.63, 3.8) is 0 Å². The van der Waals surface area contributed by atoms with Crippen LogP contribution in [0.25, 0.3) is 0 Å². The summed E-state index contributed by atoms with van der Waals surface area (Å²) in [5.41, 5.74) is 0. The standard InChI is InChI=1S/C27H51Br/c1-4-7-10-13-16-17-20-23-26-27(28,24-21-18-14-11-8-5-2)25-22-19-15-12-9-6-3/h4-22,24-25H2,1-3H3. The van der Waals surface area contributed by atoms with Gasteiger partial charge in [-0.05, 0) is 19.3 Å². The topological polar surface area (TPSA) is 0 Å². The third kappa shape index (κ3) is 19.4. The Morgan fingerprint density at radius 1 is 0.500 bits per heavy atom. The maximum atomic E-state index is 4.08.